The van der Waals surface area contributed by atoms with Crippen molar-refractivity contribution in [2.75, 3.05) is 5.32 Å². The molecule has 0 bridgehead atoms. The molecule has 3 aromatic rings. The summed E-state index contributed by atoms with van der Waals surface area (Å²) in [6.45, 7) is 2.15. The molecule has 7 heteroatoms. The first-order valence-electron chi connectivity index (χ1n) is 7.63. The lowest BCUT2D eigenvalue weighted by Crippen LogP contribution is -2.26. The van der Waals surface area contributed by atoms with Gasteiger partial charge in [-0.15, -0.1) is 0 Å². The van der Waals surface area contributed by atoms with Crippen molar-refractivity contribution in [3.05, 3.63) is 77.6 Å². The molecule has 2 aromatic heterocycles. The molecule has 0 aliphatic heterocycles. The van der Waals surface area contributed by atoms with Gasteiger partial charge in [-0.3, -0.25) is 9.59 Å². The van der Waals surface area contributed by atoms with E-state index in [1.807, 2.05) is 19.1 Å². The van der Waals surface area contributed by atoms with Crippen LogP contribution in [0.5, 0.6) is 0 Å². The first-order valence-corrected chi connectivity index (χ1v) is 7.63. The van der Waals surface area contributed by atoms with Crippen LogP contribution in [0.4, 0.5) is 5.82 Å². The number of benzene rings is 1. The van der Waals surface area contributed by atoms with Crippen molar-refractivity contribution in [2.24, 2.45) is 0 Å². The second-order valence-electron chi connectivity index (χ2n) is 5.34. The molecule has 0 aliphatic carbocycles. The van der Waals surface area contributed by atoms with Crippen LogP contribution in [0.25, 0.3) is 0 Å². The Labute approximate surface area is 144 Å². The van der Waals surface area contributed by atoms with Gasteiger partial charge in [0.15, 0.2) is 11.5 Å². The number of carbonyl (C=O) groups is 2. The maximum atomic E-state index is 12.3. The van der Waals surface area contributed by atoms with Crippen molar-refractivity contribution in [1.82, 2.24) is 15.3 Å². The summed E-state index contributed by atoms with van der Waals surface area (Å²) in [6.07, 6.45) is 4.33. The van der Waals surface area contributed by atoms with Crippen LogP contribution in [0.1, 0.15) is 32.2 Å². The molecular weight excluding hydrogens is 320 g/mol. The second-order valence-corrected chi connectivity index (χ2v) is 5.34. The minimum atomic E-state index is -0.455. The Morgan fingerprint density at radius 3 is 2.52 bits per heavy atom. The highest BCUT2D eigenvalue weighted by molar-refractivity contribution is 6.07. The van der Waals surface area contributed by atoms with Crippen LogP contribution < -0.4 is 10.6 Å². The molecule has 25 heavy (non-hydrogen) atoms. The van der Waals surface area contributed by atoms with Crippen molar-refractivity contribution >= 4 is 17.6 Å². The zero-order valence-corrected chi connectivity index (χ0v) is 13.5. The number of furan rings is 1. The number of nitrogens with zero attached hydrogens (tertiary/aromatic N) is 2. The Hall–Kier alpha value is -3.48. The van der Waals surface area contributed by atoms with Crippen LogP contribution in [0, 0.1) is 6.92 Å². The van der Waals surface area contributed by atoms with E-state index in [0.29, 0.717) is 11.3 Å². The highest BCUT2D eigenvalue weighted by Crippen LogP contribution is 2.12. The molecule has 0 saturated carbocycles. The van der Waals surface area contributed by atoms with E-state index in [1.54, 1.807) is 24.3 Å². The van der Waals surface area contributed by atoms with Crippen molar-refractivity contribution in [1.29, 1.82) is 0 Å². The van der Waals surface area contributed by atoms with E-state index in [9.17, 15) is 9.59 Å². The smallest absolute Gasteiger partial charge is 0.274 e. The van der Waals surface area contributed by atoms with E-state index in [1.165, 1.54) is 18.7 Å². The summed E-state index contributed by atoms with van der Waals surface area (Å²) in [5, 5.41) is 5.30. The number of aryl methyl sites for hydroxylation is 1. The van der Waals surface area contributed by atoms with Crippen LogP contribution in [0.3, 0.4) is 0 Å². The molecule has 0 radical (unpaired) electrons. The maximum Gasteiger partial charge on any atom is 0.274 e. The molecule has 1 aromatic carbocycles. The average Bonchev–Trinajstić information content (AvgIpc) is 3.14. The Bertz CT molecular complexity index is 874. The number of hydrogen-bond acceptors (Lipinski definition) is 5. The number of nitrogens with one attached hydrogen (secondary N) is 2. The van der Waals surface area contributed by atoms with Crippen molar-refractivity contribution < 1.29 is 14.0 Å². The van der Waals surface area contributed by atoms with Gasteiger partial charge in [0.1, 0.15) is 5.76 Å². The molecule has 7 nitrogen and oxygen atoms in total. The largest absolute Gasteiger partial charge is 0.467 e. The Morgan fingerprint density at radius 1 is 1.04 bits per heavy atom. The van der Waals surface area contributed by atoms with Crippen LogP contribution >= 0.6 is 0 Å². The summed E-state index contributed by atoms with van der Waals surface area (Å²) in [6, 6.07) is 10.6. The van der Waals surface area contributed by atoms with E-state index < -0.39 is 5.91 Å². The Kier molecular flexibility index (Phi) is 4.84. The van der Waals surface area contributed by atoms with Gasteiger partial charge in [0.2, 0.25) is 0 Å². The van der Waals surface area contributed by atoms with E-state index in [4.69, 9.17) is 4.42 Å². The Morgan fingerprint density at radius 2 is 1.80 bits per heavy atom. The summed E-state index contributed by atoms with van der Waals surface area (Å²) < 4.78 is 5.16. The Balaban J connectivity index is 1.72. The topological polar surface area (TPSA) is 97.1 Å². The molecule has 0 fully saturated rings. The highest BCUT2D eigenvalue weighted by Gasteiger charge is 2.17. The fourth-order valence-electron chi connectivity index (χ4n) is 2.14. The SMILES string of the molecule is Cc1ccc(C(=O)Nc2nccnc2C(=O)NCc2ccco2)cc1. The van der Waals surface area contributed by atoms with E-state index in [-0.39, 0.29) is 24.0 Å². The third-order valence-corrected chi connectivity index (χ3v) is 3.46. The van der Waals surface area contributed by atoms with E-state index >= 15 is 0 Å². The predicted molar refractivity (Wildman–Crippen MR) is 91.0 cm³/mol. The molecule has 0 unspecified atom stereocenters. The molecule has 2 heterocycles. The van der Waals surface area contributed by atoms with E-state index in [0.717, 1.165) is 5.56 Å². The number of aromatic nitrogens is 2. The molecule has 0 atom stereocenters. The van der Waals surface area contributed by atoms with Gasteiger partial charge in [-0.1, -0.05) is 17.7 Å². The second kappa shape index (κ2) is 7.39. The predicted octanol–water partition coefficient (Wildman–Crippen LogP) is 2.56. The van der Waals surface area contributed by atoms with Gasteiger partial charge in [0.25, 0.3) is 11.8 Å². The zero-order chi connectivity index (χ0) is 17.6. The number of anilines is 1. The fraction of sp³-hybridized carbons (Fsp3) is 0.111. The molecule has 126 valence electrons. The van der Waals surface area contributed by atoms with Crippen molar-refractivity contribution in [2.45, 2.75) is 13.5 Å². The minimum Gasteiger partial charge on any atom is -0.467 e. The van der Waals surface area contributed by atoms with E-state index in [2.05, 4.69) is 20.6 Å². The van der Waals surface area contributed by atoms with Gasteiger partial charge in [0, 0.05) is 18.0 Å². The van der Waals surface area contributed by atoms with Crippen LogP contribution in [0.15, 0.2) is 59.5 Å². The van der Waals surface area contributed by atoms with Gasteiger partial charge in [-0.05, 0) is 31.2 Å². The quantitative estimate of drug-likeness (QED) is 0.746. The molecule has 0 saturated heterocycles. The summed E-state index contributed by atoms with van der Waals surface area (Å²) in [7, 11) is 0. The first-order chi connectivity index (χ1) is 12.1. The number of amides is 2. The van der Waals surface area contributed by atoms with Gasteiger partial charge in [0.05, 0.1) is 12.8 Å². The molecule has 3 rings (SSSR count). The van der Waals surface area contributed by atoms with Crippen molar-refractivity contribution in [3.63, 3.8) is 0 Å². The van der Waals surface area contributed by atoms with Gasteiger partial charge in [-0.25, -0.2) is 9.97 Å². The van der Waals surface area contributed by atoms with Gasteiger partial charge < -0.3 is 15.1 Å². The maximum absolute atomic E-state index is 12.3. The lowest BCUT2D eigenvalue weighted by Gasteiger charge is -2.09. The molecule has 2 N–H and O–H groups in total. The molecule has 0 aliphatic rings. The number of hydrogen-bond donors (Lipinski definition) is 2. The van der Waals surface area contributed by atoms with Crippen molar-refractivity contribution in [3.8, 4) is 0 Å². The molecule has 0 spiro atoms. The summed E-state index contributed by atoms with van der Waals surface area (Å²) in [5.74, 6) is -0.100. The van der Waals surface area contributed by atoms with Crippen LogP contribution in [-0.2, 0) is 6.54 Å². The summed E-state index contributed by atoms with van der Waals surface area (Å²) >= 11 is 0. The van der Waals surface area contributed by atoms with Gasteiger partial charge in [-0.2, -0.15) is 0 Å². The fourth-order valence-corrected chi connectivity index (χ4v) is 2.14. The zero-order valence-electron chi connectivity index (χ0n) is 13.5. The molecule has 2 amide bonds. The van der Waals surface area contributed by atoms with Gasteiger partial charge >= 0.3 is 0 Å². The summed E-state index contributed by atoms with van der Waals surface area (Å²) in [5.41, 5.74) is 1.56. The monoisotopic (exact) mass is 336 g/mol. The lowest BCUT2D eigenvalue weighted by molar-refractivity contribution is 0.0943. The van der Waals surface area contributed by atoms with Crippen LogP contribution in [0.2, 0.25) is 0 Å². The average molecular weight is 336 g/mol. The standard InChI is InChI=1S/C18H16N4O3/c1-12-4-6-13(7-5-12)17(23)22-16-15(19-8-9-20-16)18(24)21-11-14-3-2-10-25-14/h2-10H,11H2,1H3,(H,21,24)(H,20,22,23). The first kappa shape index (κ1) is 16.4. The van der Waals surface area contributed by atoms with Crippen LogP contribution in [-0.4, -0.2) is 21.8 Å². The number of rotatable bonds is 5. The lowest BCUT2D eigenvalue weighted by atomic mass is 10.1. The third-order valence-electron chi connectivity index (χ3n) is 3.46. The highest BCUT2D eigenvalue weighted by atomic mass is 16.3. The normalized spacial score (nSPS) is 10.3. The third kappa shape index (κ3) is 4.08. The minimum absolute atomic E-state index is 0.0366. The number of carbonyl (C=O) groups excluding carboxylic acids is 2. The summed E-state index contributed by atoms with van der Waals surface area (Å²) in [4.78, 5) is 32.7. The molecular formula is C18H16N4O3.